The van der Waals surface area contributed by atoms with Crippen molar-refractivity contribution in [3.8, 4) is 0 Å². The van der Waals surface area contributed by atoms with Gasteiger partial charge in [0.15, 0.2) is 21.4 Å². The molecule has 0 bridgehead atoms. The zero-order chi connectivity index (χ0) is 77.9. The minimum atomic E-state index is -3.28. The second-order valence-electron chi connectivity index (χ2n) is 29.8. The molecule has 0 aliphatic carbocycles. The van der Waals surface area contributed by atoms with Crippen molar-refractivity contribution < 1.29 is 13.7 Å². The summed E-state index contributed by atoms with van der Waals surface area (Å²) in [7, 11) is -9.67. The molecular formula is C105H69N6O3P3. The van der Waals surface area contributed by atoms with Crippen molar-refractivity contribution in [3.63, 3.8) is 0 Å². The van der Waals surface area contributed by atoms with Crippen LogP contribution in [0.2, 0.25) is 0 Å². The van der Waals surface area contributed by atoms with Crippen LogP contribution in [0.1, 0.15) is 0 Å². The summed E-state index contributed by atoms with van der Waals surface area (Å²) in [5.74, 6) is 0. The zero-order valence-corrected chi connectivity index (χ0v) is 65.8. The number of rotatable bonds is 9. The van der Waals surface area contributed by atoms with Gasteiger partial charge in [-0.25, -0.2) is 15.0 Å². The highest BCUT2D eigenvalue weighted by atomic mass is 31.2. The summed E-state index contributed by atoms with van der Waals surface area (Å²) in [5.41, 5.74) is 12.0. The lowest BCUT2D eigenvalue weighted by atomic mass is 10.0. The SMILES string of the molecule is O=P(c1ccccc1)(c1ccccc1)c1cc2c3ccccc3c3nc4ccccc4n3c2c2ccccc12.O=P(c1ccccc1)(c1ccccc1)c1cc2ccccc2c2c1c1ccccc1c1nc3ccccc3n12.O=P(c1ccccc1)(c1ccccc1)c1cccc2c1ccc1c3ccccc3c3nc4ccccc4n3c21. The van der Waals surface area contributed by atoms with E-state index >= 15 is 13.7 Å². The number of aromatic nitrogens is 6. The average Bonchev–Trinajstić information content (AvgIpc) is 1.69. The Bertz CT molecular complexity index is 8080. The third-order valence-electron chi connectivity index (χ3n) is 23.4. The molecule has 0 unspecified atom stereocenters. The summed E-state index contributed by atoms with van der Waals surface area (Å²) in [4.78, 5) is 15.3. The highest BCUT2D eigenvalue weighted by Crippen LogP contribution is 2.51. The van der Waals surface area contributed by atoms with Gasteiger partial charge in [-0.1, -0.05) is 370 Å². The largest absolute Gasteiger partial charge is 0.309 e. The minimum Gasteiger partial charge on any atom is -0.309 e. The van der Waals surface area contributed by atoms with E-state index in [9.17, 15) is 0 Å². The van der Waals surface area contributed by atoms with Crippen molar-refractivity contribution in [1.29, 1.82) is 0 Å². The van der Waals surface area contributed by atoms with Crippen LogP contribution < -0.4 is 47.7 Å². The van der Waals surface area contributed by atoms with Gasteiger partial charge in [0.1, 0.15) is 16.9 Å². The van der Waals surface area contributed by atoms with E-state index in [1.165, 1.54) is 0 Å². The molecule has 552 valence electrons. The molecule has 0 amide bonds. The van der Waals surface area contributed by atoms with Gasteiger partial charge < -0.3 is 13.7 Å². The number of pyridine rings is 3. The van der Waals surface area contributed by atoms with Crippen molar-refractivity contribution in [1.82, 2.24) is 28.2 Å². The monoisotopic (exact) mass is 1550 g/mol. The molecule has 12 heteroatoms. The van der Waals surface area contributed by atoms with E-state index in [0.717, 1.165) is 195 Å². The summed E-state index contributed by atoms with van der Waals surface area (Å²) in [6, 6.07) is 141. The van der Waals surface area contributed by atoms with Gasteiger partial charge in [0.05, 0.1) is 49.7 Å². The Kier molecular flexibility index (Phi) is 16.6. The van der Waals surface area contributed by atoms with Gasteiger partial charge in [0, 0.05) is 96.2 Å². The van der Waals surface area contributed by atoms with Crippen LogP contribution in [0.3, 0.4) is 0 Å². The first kappa shape index (κ1) is 69.5. The van der Waals surface area contributed by atoms with Gasteiger partial charge in [-0.2, -0.15) is 0 Å². The van der Waals surface area contributed by atoms with Crippen LogP contribution in [0.4, 0.5) is 0 Å². The molecule has 18 aromatic carbocycles. The highest BCUT2D eigenvalue weighted by Gasteiger charge is 2.37. The number of hydrogen-bond donors (Lipinski definition) is 0. The van der Waals surface area contributed by atoms with Gasteiger partial charge in [-0.05, 0) is 80.8 Å². The second kappa shape index (κ2) is 27.8. The van der Waals surface area contributed by atoms with Crippen LogP contribution in [0, 0.1) is 0 Å². The molecule has 0 aliphatic heterocycles. The Morgan fingerprint density at radius 3 is 0.915 bits per heavy atom. The van der Waals surface area contributed by atoms with Gasteiger partial charge >= 0.3 is 0 Å². The first-order valence-electron chi connectivity index (χ1n) is 39.3. The summed E-state index contributed by atoms with van der Waals surface area (Å²) in [6.45, 7) is 0. The molecule has 0 N–H and O–H groups in total. The first-order chi connectivity index (χ1) is 57.7. The van der Waals surface area contributed by atoms with E-state index in [1.807, 2.05) is 212 Å². The molecule has 0 saturated heterocycles. The molecule has 0 atom stereocenters. The number of imidazole rings is 3. The van der Waals surface area contributed by atoms with E-state index < -0.39 is 21.4 Å². The van der Waals surface area contributed by atoms with E-state index in [0.29, 0.717) is 0 Å². The van der Waals surface area contributed by atoms with E-state index in [-0.39, 0.29) is 0 Å². The van der Waals surface area contributed by atoms with Crippen LogP contribution >= 0.6 is 21.4 Å². The quantitative estimate of drug-likeness (QED) is 0.105. The smallest absolute Gasteiger partial charge is 0.171 e. The molecule has 24 aromatic rings. The second-order valence-corrected chi connectivity index (χ2v) is 38.0. The third-order valence-corrected chi connectivity index (χ3v) is 32.7. The van der Waals surface area contributed by atoms with Crippen LogP contribution in [-0.2, 0) is 13.7 Å². The molecule has 0 saturated carbocycles. The van der Waals surface area contributed by atoms with E-state index in [2.05, 4.69) is 219 Å². The van der Waals surface area contributed by atoms with Crippen molar-refractivity contribution in [2.75, 3.05) is 0 Å². The van der Waals surface area contributed by atoms with Crippen molar-refractivity contribution in [2.45, 2.75) is 0 Å². The predicted octanol–water partition coefficient (Wildman–Crippen LogP) is 22.8. The molecule has 0 radical (unpaired) electrons. The number of benzene rings is 18. The van der Waals surface area contributed by atoms with E-state index in [1.54, 1.807) is 0 Å². The lowest BCUT2D eigenvalue weighted by molar-refractivity contribution is 0.592. The fraction of sp³-hybridized carbons (Fsp3) is 0. The normalized spacial score (nSPS) is 12.2. The molecule has 0 fully saturated rings. The first-order valence-corrected chi connectivity index (χ1v) is 44.4. The maximum Gasteiger partial charge on any atom is 0.171 e. The molecular weight excluding hydrogens is 1490 g/mol. The van der Waals surface area contributed by atoms with Gasteiger partial charge in [-0.15, -0.1) is 0 Å². The van der Waals surface area contributed by atoms with Gasteiger partial charge in [-0.3, -0.25) is 13.2 Å². The molecule has 9 nitrogen and oxygen atoms in total. The zero-order valence-electron chi connectivity index (χ0n) is 63.1. The summed E-state index contributed by atoms with van der Waals surface area (Å²) in [5, 5.41) is 23.7. The Morgan fingerprint density at radius 1 is 0.188 bits per heavy atom. The average molecular weight is 1560 g/mol. The Labute approximate surface area is 672 Å². The maximum absolute atomic E-state index is 15.8. The lowest BCUT2D eigenvalue weighted by Gasteiger charge is -2.24. The molecule has 24 rings (SSSR count). The number of para-hydroxylation sites is 6. The Morgan fingerprint density at radius 2 is 0.470 bits per heavy atom. The fourth-order valence-electron chi connectivity index (χ4n) is 18.3. The highest BCUT2D eigenvalue weighted by molar-refractivity contribution is 7.86. The van der Waals surface area contributed by atoms with Gasteiger partial charge in [0.2, 0.25) is 0 Å². The lowest BCUT2D eigenvalue weighted by Crippen LogP contribution is -2.26. The summed E-state index contributed by atoms with van der Waals surface area (Å²) in [6.07, 6.45) is 0. The van der Waals surface area contributed by atoms with E-state index in [4.69, 9.17) is 15.0 Å². The number of fused-ring (bicyclic) bond motifs is 30. The minimum absolute atomic E-state index is 0.826. The predicted molar refractivity (Wildman–Crippen MR) is 494 cm³/mol. The third kappa shape index (κ3) is 10.8. The number of nitrogens with zero attached hydrogens (tertiary/aromatic N) is 6. The molecule has 6 aromatic heterocycles. The van der Waals surface area contributed by atoms with Crippen molar-refractivity contribution in [2.24, 2.45) is 0 Å². The molecule has 117 heavy (non-hydrogen) atoms. The number of hydrogen-bond acceptors (Lipinski definition) is 6. The fourth-order valence-corrected chi connectivity index (χ4v) is 26.9. The van der Waals surface area contributed by atoms with Crippen LogP contribution in [0.25, 0.3) is 147 Å². The summed E-state index contributed by atoms with van der Waals surface area (Å²) < 4.78 is 53.7. The Balaban J connectivity index is 0.000000106. The molecule has 0 aliphatic rings. The topological polar surface area (TPSA) is 103 Å². The van der Waals surface area contributed by atoms with Crippen LogP contribution in [-0.4, -0.2) is 28.2 Å². The van der Waals surface area contributed by atoms with Crippen molar-refractivity contribution >= 4 is 217 Å². The van der Waals surface area contributed by atoms with Crippen LogP contribution in [0.5, 0.6) is 0 Å². The molecule has 0 spiro atoms. The standard InChI is InChI=1S/3C35H23N2OP/c38-39(24-13-3-1-4-14-24,25-15-5-2-6-16-25)33-23-30-26-17-7-10-20-29(26)35-36-31-21-11-12-22-32(31)37(35)34(30)28-19-9-8-18-27(28)33;38-39(25-14-3-1-4-15-25,26-16-5-2-6-17-26)32-23-24-13-7-8-18-27(24)34-33(32)28-19-9-10-20-29(28)35-36-30-21-11-12-22-31(30)37(34)35;38-39(24-12-3-1-4-13-24,25-14-5-2-6-15-25)33-21-11-18-28-27(33)22-23-29-26-16-7-8-17-30(26)35-36-31-19-9-10-20-32(31)37(35)34(28)29/h3*1-23H. The summed E-state index contributed by atoms with van der Waals surface area (Å²) >= 11 is 0. The van der Waals surface area contributed by atoms with Crippen molar-refractivity contribution in [3.05, 3.63) is 419 Å². The van der Waals surface area contributed by atoms with Crippen LogP contribution in [0.15, 0.2) is 419 Å². The maximum atomic E-state index is 15.8. The Hall–Kier alpha value is -14.2. The van der Waals surface area contributed by atoms with Gasteiger partial charge in [0.25, 0.3) is 0 Å². The molecule has 6 heterocycles.